The Morgan fingerprint density at radius 1 is 1.12 bits per heavy atom. The van der Waals surface area contributed by atoms with Crippen LogP contribution in [0.3, 0.4) is 0 Å². The molecule has 6 heteroatoms. The van der Waals surface area contributed by atoms with Gasteiger partial charge in [-0.25, -0.2) is 4.99 Å². The van der Waals surface area contributed by atoms with Gasteiger partial charge in [-0.3, -0.25) is 4.79 Å². The molecule has 5 nitrogen and oxygen atoms in total. The topological polar surface area (TPSA) is 59.9 Å². The molecule has 1 amide bonds. The van der Waals surface area contributed by atoms with Crippen LogP contribution in [-0.4, -0.2) is 26.0 Å². The lowest BCUT2D eigenvalue weighted by Crippen LogP contribution is -2.24. The molecule has 1 heterocycles. The van der Waals surface area contributed by atoms with E-state index in [0.29, 0.717) is 33.5 Å². The Balaban J connectivity index is 2.02. The third-order valence-electron chi connectivity index (χ3n) is 3.55. The molecule has 1 aliphatic rings. The molecular weight excluding hydrogens is 328 g/mol. The minimum atomic E-state index is -0.296. The summed E-state index contributed by atoms with van der Waals surface area (Å²) in [5.41, 5.74) is 1.65. The largest absolute Gasteiger partial charge is 0.497 e. The van der Waals surface area contributed by atoms with Gasteiger partial charge in [0.2, 0.25) is 0 Å². The zero-order valence-electron chi connectivity index (χ0n) is 13.2. The second kappa shape index (κ2) is 6.76. The van der Waals surface area contributed by atoms with Crippen LogP contribution in [0, 0.1) is 0 Å². The van der Waals surface area contributed by atoms with Gasteiger partial charge in [-0.1, -0.05) is 23.7 Å². The van der Waals surface area contributed by atoms with Gasteiger partial charge in [0.15, 0.2) is 0 Å². The molecule has 122 valence electrons. The van der Waals surface area contributed by atoms with Crippen LogP contribution in [0.5, 0.6) is 11.5 Å². The van der Waals surface area contributed by atoms with E-state index in [1.54, 1.807) is 50.6 Å². The quantitative estimate of drug-likeness (QED) is 0.867. The fourth-order valence-corrected chi connectivity index (χ4v) is 2.57. The number of ether oxygens (including phenoxy) is 2. The zero-order chi connectivity index (χ0) is 17.1. The van der Waals surface area contributed by atoms with E-state index in [4.69, 9.17) is 21.1 Å². The standard InChI is InChI=1S/C18H15ClN2O3/c1-23-12-7-8-16(24-2)11(9-12)10-15-18(22)21-17(20-15)13-5-3-4-6-14(13)19/h3-10H,1-2H3,(H,20,21,22). The summed E-state index contributed by atoms with van der Waals surface area (Å²) in [5, 5.41) is 3.26. The van der Waals surface area contributed by atoms with E-state index < -0.39 is 0 Å². The summed E-state index contributed by atoms with van der Waals surface area (Å²) < 4.78 is 10.5. The Morgan fingerprint density at radius 2 is 1.92 bits per heavy atom. The summed E-state index contributed by atoms with van der Waals surface area (Å²) in [5.74, 6) is 1.42. The minimum absolute atomic E-state index is 0.275. The van der Waals surface area contributed by atoms with Crippen LogP contribution in [-0.2, 0) is 4.79 Å². The van der Waals surface area contributed by atoms with Crippen molar-refractivity contribution in [1.82, 2.24) is 5.32 Å². The number of hydrogen-bond donors (Lipinski definition) is 1. The van der Waals surface area contributed by atoms with E-state index in [1.807, 2.05) is 12.1 Å². The van der Waals surface area contributed by atoms with Crippen LogP contribution in [0.4, 0.5) is 0 Å². The minimum Gasteiger partial charge on any atom is -0.497 e. The summed E-state index contributed by atoms with van der Waals surface area (Å²) >= 11 is 6.16. The first-order valence-corrected chi connectivity index (χ1v) is 7.59. The van der Waals surface area contributed by atoms with Crippen LogP contribution in [0.25, 0.3) is 6.08 Å². The predicted molar refractivity (Wildman–Crippen MR) is 93.7 cm³/mol. The highest BCUT2D eigenvalue weighted by Crippen LogP contribution is 2.27. The molecule has 24 heavy (non-hydrogen) atoms. The fourth-order valence-electron chi connectivity index (χ4n) is 2.35. The zero-order valence-corrected chi connectivity index (χ0v) is 13.9. The summed E-state index contributed by atoms with van der Waals surface area (Å²) in [6, 6.07) is 12.5. The van der Waals surface area contributed by atoms with Gasteiger partial charge in [0, 0.05) is 11.1 Å². The molecule has 0 aromatic heterocycles. The van der Waals surface area contributed by atoms with Crippen molar-refractivity contribution in [3.8, 4) is 11.5 Å². The van der Waals surface area contributed by atoms with E-state index in [1.165, 1.54) is 0 Å². The third-order valence-corrected chi connectivity index (χ3v) is 3.88. The number of benzene rings is 2. The van der Waals surface area contributed by atoms with E-state index in [2.05, 4.69) is 10.3 Å². The first-order valence-electron chi connectivity index (χ1n) is 7.21. The number of carbonyl (C=O) groups excluding carboxylic acids is 1. The Bertz CT molecular complexity index is 859. The van der Waals surface area contributed by atoms with Gasteiger partial charge in [0.05, 0.1) is 19.2 Å². The highest BCUT2D eigenvalue weighted by atomic mass is 35.5. The van der Waals surface area contributed by atoms with E-state index in [0.717, 1.165) is 0 Å². The van der Waals surface area contributed by atoms with Gasteiger partial charge in [0.25, 0.3) is 5.91 Å². The molecule has 0 aliphatic carbocycles. The number of methoxy groups -OCH3 is 2. The molecule has 0 unspecified atom stereocenters. The summed E-state index contributed by atoms with van der Waals surface area (Å²) in [6.07, 6.45) is 1.65. The number of hydrogen-bond acceptors (Lipinski definition) is 4. The van der Waals surface area contributed by atoms with Gasteiger partial charge in [0.1, 0.15) is 23.0 Å². The maximum absolute atomic E-state index is 12.2. The van der Waals surface area contributed by atoms with Crippen LogP contribution in [0.15, 0.2) is 53.2 Å². The molecule has 0 saturated heterocycles. The van der Waals surface area contributed by atoms with Crippen molar-refractivity contribution < 1.29 is 14.3 Å². The average molecular weight is 343 g/mol. The second-order valence-electron chi connectivity index (χ2n) is 5.03. The highest BCUT2D eigenvalue weighted by Gasteiger charge is 2.23. The average Bonchev–Trinajstić information content (AvgIpc) is 2.95. The van der Waals surface area contributed by atoms with Crippen molar-refractivity contribution in [2.45, 2.75) is 0 Å². The molecule has 1 aliphatic heterocycles. The van der Waals surface area contributed by atoms with Crippen molar-refractivity contribution >= 4 is 29.4 Å². The first kappa shape index (κ1) is 16.1. The SMILES string of the molecule is COc1ccc(OC)c(C=C2N=C(c3ccccc3Cl)NC2=O)c1. The van der Waals surface area contributed by atoms with Gasteiger partial charge in [-0.15, -0.1) is 0 Å². The number of rotatable bonds is 4. The van der Waals surface area contributed by atoms with Crippen LogP contribution < -0.4 is 14.8 Å². The monoisotopic (exact) mass is 342 g/mol. The second-order valence-corrected chi connectivity index (χ2v) is 5.44. The molecule has 0 radical (unpaired) electrons. The van der Waals surface area contributed by atoms with Gasteiger partial charge in [-0.2, -0.15) is 0 Å². The van der Waals surface area contributed by atoms with Crippen molar-refractivity contribution in [2.75, 3.05) is 14.2 Å². The summed E-state index contributed by atoms with van der Waals surface area (Å²) in [4.78, 5) is 16.6. The number of carbonyl (C=O) groups is 1. The molecule has 0 atom stereocenters. The lowest BCUT2D eigenvalue weighted by atomic mass is 10.1. The van der Waals surface area contributed by atoms with E-state index in [9.17, 15) is 4.79 Å². The maximum Gasteiger partial charge on any atom is 0.275 e. The lowest BCUT2D eigenvalue weighted by Gasteiger charge is -2.07. The van der Waals surface area contributed by atoms with Crippen LogP contribution in [0.1, 0.15) is 11.1 Å². The lowest BCUT2D eigenvalue weighted by molar-refractivity contribution is -0.115. The number of nitrogens with zero attached hydrogens (tertiary/aromatic N) is 1. The van der Waals surface area contributed by atoms with Gasteiger partial charge < -0.3 is 14.8 Å². The molecule has 0 fully saturated rings. The molecule has 0 bridgehead atoms. The Kier molecular flexibility index (Phi) is 4.53. The highest BCUT2D eigenvalue weighted by molar-refractivity contribution is 6.35. The molecule has 0 saturated carbocycles. The van der Waals surface area contributed by atoms with Gasteiger partial charge in [-0.05, 0) is 36.4 Å². The number of nitrogens with one attached hydrogen (secondary N) is 1. The first-order chi connectivity index (χ1) is 11.6. The van der Waals surface area contributed by atoms with Crippen molar-refractivity contribution in [1.29, 1.82) is 0 Å². The Labute approximate surface area is 144 Å². The number of amides is 1. The molecule has 0 spiro atoms. The Hall–Kier alpha value is -2.79. The Morgan fingerprint density at radius 3 is 2.62 bits per heavy atom. The maximum atomic E-state index is 12.2. The predicted octanol–water partition coefficient (Wildman–Crippen LogP) is 3.27. The number of halogens is 1. The van der Waals surface area contributed by atoms with E-state index >= 15 is 0 Å². The summed E-state index contributed by atoms with van der Waals surface area (Å²) in [6.45, 7) is 0. The van der Waals surface area contributed by atoms with Crippen molar-refractivity contribution in [3.63, 3.8) is 0 Å². The number of amidine groups is 1. The fraction of sp³-hybridized carbons (Fsp3) is 0.111. The van der Waals surface area contributed by atoms with Crippen molar-refractivity contribution in [2.24, 2.45) is 4.99 Å². The third kappa shape index (κ3) is 3.12. The molecule has 1 N–H and O–H groups in total. The molecule has 2 aromatic carbocycles. The normalized spacial score (nSPS) is 15.2. The van der Waals surface area contributed by atoms with Crippen molar-refractivity contribution in [3.05, 3.63) is 64.3 Å². The summed E-state index contributed by atoms with van der Waals surface area (Å²) in [7, 11) is 3.14. The smallest absolute Gasteiger partial charge is 0.275 e. The van der Waals surface area contributed by atoms with Crippen LogP contribution >= 0.6 is 11.6 Å². The molecular formula is C18H15ClN2O3. The molecule has 2 aromatic rings. The van der Waals surface area contributed by atoms with E-state index in [-0.39, 0.29) is 11.6 Å². The molecule has 3 rings (SSSR count). The number of aliphatic imine (C=N–C) groups is 1. The van der Waals surface area contributed by atoms with Crippen LogP contribution in [0.2, 0.25) is 5.02 Å². The van der Waals surface area contributed by atoms with Gasteiger partial charge >= 0.3 is 0 Å².